The van der Waals surface area contributed by atoms with E-state index in [-0.39, 0.29) is 21.1 Å². The van der Waals surface area contributed by atoms with Crippen molar-refractivity contribution in [3.05, 3.63) is 200 Å². The molecule has 0 atom stereocenters. The molecule has 5 nitrogen and oxygen atoms in total. The van der Waals surface area contributed by atoms with Crippen LogP contribution in [-0.2, 0) is 28.0 Å². The predicted octanol–water partition coefficient (Wildman–Crippen LogP) is 12.5. The second kappa shape index (κ2) is 14.6. The summed E-state index contributed by atoms with van der Waals surface area (Å²) in [5.74, 6) is 0.816. The maximum absolute atomic E-state index is 8.33. The van der Waals surface area contributed by atoms with Crippen LogP contribution in [0.25, 0.3) is 66.6 Å². The van der Waals surface area contributed by atoms with Crippen LogP contribution in [0.5, 0.6) is 0 Å². The molecule has 0 unspecified atom stereocenters. The second-order valence-corrected chi connectivity index (χ2v) is 13.7. The third-order valence-electron chi connectivity index (χ3n) is 10.3. The largest absolute Gasteiger partial charge is 0.357 e. The smallest absolute Gasteiger partial charge is 0.188 e. The van der Waals surface area contributed by atoms with E-state index in [1.165, 1.54) is 4.57 Å². The fraction of sp³-hybridized carbons (Fsp3) is 0.0400. The van der Waals surface area contributed by atoms with Crippen LogP contribution in [0.3, 0.4) is 0 Å². The zero-order valence-electron chi connectivity index (χ0n) is 33.4. The number of hydrogen-bond donors (Lipinski definition) is 0. The third kappa shape index (κ3) is 6.02. The number of fused-ring (bicyclic) bond motifs is 4. The molecule has 0 bridgehead atoms. The monoisotopic (exact) mass is 904 g/mol. The van der Waals surface area contributed by atoms with Crippen molar-refractivity contribution < 1.29 is 25.2 Å². The minimum Gasteiger partial charge on any atom is -0.357 e. The fourth-order valence-corrected chi connectivity index (χ4v) is 7.77. The van der Waals surface area contributed by atoms with E-state index < -0.39 is 6.98 Å². The summed E-state index contributed by atoms with van der Waals surface area (Å²) in [6, 6.07) is 65.4. The van der Waals surface area contributed by atoms with Gasteiger partial charge >= 0.3 is 0 Å². The van der Waals surface area contributed by atoms with Gasteiger partial charge in [0.05, 0.1) is 5.69 Å². The summed E-state index contributed by atoms with van der Waals surface area (Å²) in [7, 11) is 0. The van der Waals surface area contributed by atoms with Crippen molar-refractivity contribution in [1.82, 2.24) is 18.7 Å². The molecule has 0 saturated heterocycles. The molecular formula is C50H36N5Pt-. The molecule has 6 heteroatoms. The number of aromatic nitrogens is 4. The molecule has 0 aliphatic heterocycles. The van der Waals surface area contributed by atoms with Crippen molar-refractivity contribution in [2.24, 2.45) is 6.98 Å². The normalized spacial score (nSPS) is 12.3. The Balaban J connectivity index is 0.00000449. The van der Waals surface area contributed by atoms with Crippen LogP contribution in [0.1, 0.15) is 9.68 Å². The van der Waals surface area contributed by atoms with Gasteiger partial charge in [-0.1, -0.05) is 120 Å². The van der Waals surface area contributed by atoms with E-state index in [1.807, 2.05) is 65.4 Å². The average Bonchev–Trinajstić information content (AvgIpc) is 3.81. The Hall–Kier alpha value is -6.55. The molecule has 56 heavy (non-hydrogen) atoms. The zero-order valence-corrected chi connectivity index (χ0v) is 32.6. The summed E-state index contributed by atoms with van der Waals surface area (Å²) < 4.78 is 30.4. The van der Waals surface area contributed by atoms with E-state index in [2.05, 4.69) is 144 Å². The second-order valence-electron chi connectivity index (χ2n) is 13.7. The summed E-state index contributed by atoms with van der Waals surface area (Å²) >= 11 is 0. The molecule has 7 aromatic carbocycles. The molecule has 0 radical (unpaired) electrons. The third-order valence-corrected chi connectivity index (χ3v) is 10.3. The Morgan fingerprint density at radius 3 is 1.96 bits per heavy atom. The minimum atomic E-state index is -2.37. The fourth-order valence-electron chi connectivity index (χ4n) is 7.77. The van der Waals surface area contributed by atoms with Crippen molar-refractivity contribution in [3.8, 4) is 33.8 Å². The summed E-state index contributed by atoms with van der Waals surface area (Å²) in [4.78, 5) is 7.09. The molecule has 0 saturated carbocycles. The van der Waals surface area contributed by atoms with Crippen molar-refractivity contribution in [1.29, 1.82) is 0 Å². The molecule has 3 heterocycles. The van der Waals surface area contributed by atoms with Crippen LogP contribution < -0.4 is 4.90 Å². The number of hydrogen-bond acceptors (Lipinski definition) is 2. The molecule has 0 spiro atoms. The van der Waals surface area contributed by atoms with Crippen molar-refractivity contribution in [2.75, 3.05) is 4.90 Å². The molecular weight excluding hydrogens is 866 g/mol. The van der Waals surface area contributed by atoms with Gasteiger partial charge in [-0.15, -0.1) is 29.7 Å². The van der Waals surface area contributed by atoms with E-state index in [1.54, 1.807) is 6.33 Å². The number of anilines is 3. The Labute approximate surface area is 344 Å². The Kier molecular flexibility index (Phi) is 8.28. The Morgan fingerprint density at radius 2 is 1.25 bits per heavy atom. The van der Waals surface area contributed by atoms with Crippen molar-refractivity contribution in [2.45, 2.75) is 6.92 Å². The summed E-state index contributed by atoms with van der Waals surface area (Å²) in [6.07, 6.45) is 3.50. The summed E-state index contributed by atoms with van der Waals surface area (Å²) in [5, 5.41) is 2.17. The van der Waals surface area contributed by atoms with E-state index in [0.717, 1.165) is 78.0 Å². The quantitative estimate of drug-likeness (QED) is 0.149. The first-order chi connectivity index (χ1) is 28.3. The standard InChI is InChI=1S/C50H36N5.Pt/c1-35-29-30-51-49(31-35)55-45-24-10-9-21-43(45)44-28-27-40(33-48(44)55)54(39-20-13-19-38(32-39)53-34-52(2)46-25-11-12-26-47(46)53)50-41(36-15-5-3-6-16-36)22-14-23-42(50)37-17-7-4-8-18-37;/h3-31,34H,1-2H3;/q-1;/i2D3;. The summed E-state index contributed by atoms with van der Waals surface area (Å²) in [6.45, 7) is -0.291. The van der Waals surface area contributed by atoms with Crippen LogP contribution in [0.15, 0.2) is 182 Å². The minimum absolute atomic E-state index is 0. The number of para-hydroxylation sites is 4. The first-order valence-corrected chi connectivity index (χ1v) is 18.3. The molecule has 0 aliphatic carbocycles. The van der Waals surface area contributed by atoms with Gasteiger partial charge < -0.3 is 9.47 Å². The average molecular weight is 905 g/mol. The first kappa shape index (κ1) is 31.8. The number of benzene rings is 7. The maximum atomic E-state index is 8.33. The molecule has 0 fully saturated rings. The van der Waals surface area contributed by atoms with Gasteiger partial charge in [-0.2, -0.15) is 12.1 Å². The first-order valence-electron chi connectivity index (χ1n) is 19.8. The van der Waals surface area contributed by atoms with Crippen LogP contribution in [-0.4, -0.2) is 18.7 Å². The van der Waals surface area contributed by atoms with Crippen LogP contribution in [0.2, 0.25) is 0 Å². The SMILES string of the molecule is [2H]C([2H])([2H])n1[cH+]n(-c2[c-]c(N(c3[c-]c4c(cc3)c3ccccc3n4-c3cc(C)ccn3)c3c(-c4ccccc4)cccc3-c3ccccc3)ccc2)c2ccccc21.[Pt]. The van der Waals surface area contributed by atoms with Gasteiger partial charge in [0, 0.05) is 72.8 Å². The summed E-state index contributed by atoms with van der Waals surface area (Å²) in [5.41, 5.74) is 11.8. The molecule has 0 amide bonds. The van der Waals surface area contributed by atoms with Gasteiger partial charge in [-0.25, -0.2) is 14.1 Å². The van der Waals surface area contributed by atoms with Gasteiger partial charge in [0.1, 0.15) is 5.82 Å². The molecule has 0 N–H and O–H groups in total. The number of nitrogens with zero attached hydrogens (tertiary/aromatic N) is 5. The number of rotatable bonds is 7. The van der Waals surface area contributed by atoms with E-state index >= 15 is 0 Å². The van der Waals surface area contributed by atoms with E-state index in [4.69, 9.17) is 9.10 Å². The van der Waals surface area contributed by atoms with Crippen LogP contribution in [0, 0.1) is 19.1 Å². The van der Waals surface area contributed by atoms with E-state index in [0.29, 0.717) is 11.2 Å². The van der Waals surface area contributed by atoms with E-state index in [9.17, 15) is 0 Å². The molecule has 3 aromatic heterocycles. The van der Waals surface area contributed by atoms with Crippen molar-refractivity contribution >= 4 is 49.9 Å². The van der Waals surface area contributed by atoms with Crippen LogP contribution >= 0.6 is 0 Å². The molecule has 10 rings (SSSR count). The number of aryl methyl sites for hydroxylation is 2. The number of imidazole rings is 1. The maximum Gasteiger partial charge on any atom is 0.188 e. The van der Waals surface area contributed by atoms with Gasteiger partial charge in [-0.05, 0) is 59.3 Å². The van der Waals surface area contributed by atoms with Gasteiger partial charge in [0.25, 0.3) is 0 Å². The molecule has 0 aliphatic rings. The molecule has 10 aromatic rings. The predicted molar refractivity (Wildman–Crippen MR) is 227 cm³/mol. The van der Waals surface area contributed by atoms with Gasteiger partial charge in [0.2, 0.25) is 0 Å². The van der Waals surface area contributed by atoms with Gasteiger partial charge in [-0.3, -0.25) is 0 Å². The zero-order chi connectivity index (χ0) is 39.4. The molecule has 272 valence electrons. The van der Waals surface area contributed by atoms with Gasteiger partial charge in [0.15, 0.2) is 17.4 Å². The Morgan fingerprint density at radius 1 is 0.607 bits per heavy atom. The number of pyridine rings is 1. The van der Waals surface area contributed by atoms with Crippen LogP contribution in [0.4, 0.5) is 17.1 Å². The van der Waals surface area contributed by atoms with Crippen molar-refractivity contribution in [3.63, 3.8) is 0 Å². The topological polar surface area (TPSA) is 30.9 Å². The Bertz CT molecular complexity index is 3080.